The van der Waals surface area contributed by atoms with E-state index in [0.29, 0.717) is 35.9 Å². The number of nitrogens with one attached hydrogen (secondary N) is 2. The molecule has 0 aliphatic carbocycles. The maximum absolute atomic E-state index is 13.7. The molecule has 9 nitrogen and oxygen atoms in total. The fourth-order valence-electron chi connectivity index (χ4n) is 3.28. The summed E-state index contributed by atoms with van der Waals surface area (Å²) >= 11 is 11.8. The van der Waals surface area contributed by atoms with Crippen LogP contribution >= 0.6 is 30.9 Å². The molecule has 0 fully saturated rings. The van der Waals surface area contributed by atoms with E-state index in [1.165, 1.54) is 10.8 Å². The van der Waals surface area contributed by atoms with Crippen LogP contribution in [-0.4, -0.2) is 40.1 Å². The topological polar surface area (TPSA) is 112 Å². The van der Waals surface area contributed by atoms with Crippen molar-refractivity contribution in [2.45, 2.75) is 45.1 Å². The zero-order valence-corrected chi connectivity index (χ0v) is 21.3. The first-order valence-corrected chi connectivity index (χ1v) is 13.4. The van der Waals surface area contributed by atoms with E-state index in [4.69, 9.17) is 37.0 Å². The van der Waals surface area contributed by atoms with Gasteiger partial charge in [-0.05, 0) is 44.9 Å². The summed E-state index contributed by atoms with van der Waals surface area (Å²) in [6.07, 6.45) is 4.50. The number of rotatable bonds is 12. The molecule has 34 heavy (non-hydrogen) atoms. The maximum Gasteiger partial charge on any atom is 0.459 e. The molecular weight excluding hydrogens is 504 g/mol. The first kappa shape index (κ1) is 26.7. The highest BCUT2D eigenvalue weighted by molar-refractivity contribution is 7.52. The largest absolute Gasteiger partial charge is 0.459 e. The molecule has 12 heteroatoms. The standard InChI is InChI=1S/C22H28Cl2N3O6P/c1-15-3-5-18(6-4-15)33-34(30,26-17(9-11-23)10-12-24)31-14-19-7-8-20(32-19)27-13-16(2)21(28)25-22(27)29/h3-8,13,17,19-20H,9-12,14H2,1-2H3,(H,26,30)(H,25,28,29)/t19-,20+,34?/m0/s1. The SMILES string of the molecule is Cc1ccc(OP(=O)(NC(CCCl)CCCl)OC[C@@H]2C=C[C@H](n3cc(C)c(=O)[nH]c3=O)O2)cc1. The van der Waals surface area contributed by atoms with Crippen LogP contribution in [0, 0.1) is 13.8 Å². The van der Waals surface area contributed by atoms with Crippen molar-refractivity contribution in [2.24, 2.45) is 0 Å². The number of aromatic nitrogens is 2. The number of halogens is 2. The molecule has 2 heterocycles. The minimum atomic E-state index is -3.84. The van der Waals surface area contributed by atoms with Crippen LogP contribution in [0.4, 0.5) is 0 Å². The molecule has 2 N–H and O–H groups in total. The summed E-state index contributed by atoms with van der Waals surface area (Å²) in [5.74, 6) is 1.08. The fourth-order valence-corrected chi connectivity index (χ4v) is 5.43. The minimum absolute atomic E-state index is 0.102. The third-order valence-corrected chi connectivity index (χ3v) is 7.19. The third-order valence-electron chi connectivity index (χ3n) is 5.14. The zero-order chi connectivity index (χ0) is 24.7. The summed E-state index contributed by atoms with van der Waals surface area (Å²) in [4.78, 5) is 26.0. The predicted octanol–water partition coefficient (Wildman–Crippen LogP) is 4.03. The van der Waals surface area contributed by atoms with E-state index in [0.717, 1.165) is 5.56 Å². The van der Waals surface area contributed by atoms with Crippen molar-refractivity contribution >= 4 is 30.9 Å². The summed E-state index contributed by atoms with van der Waals surface area (Å²) in [5.41, 5.74) is 0.362. The molecule has 1 aromatic carbocycles. The molecule has 2 aromatic rings. The van der Waals surface area contributed by atoms with Gasteiger partial charge in [-0.2, -0.15) is 0 Å². The van der Waals surface area contributed by atoms with Gasteiger partial charge in [-0.15, -0.1) is 23.2 Å². The van der Waals surface area contributed by atoms with E-state index in [1.807, 2.05) is 19.1 Å². The smallest absolute Gasteiger partial charge is 0.413 e. The monoisotopic (exact) mass is 531 g/mol. The highest BCUT2D eigenvalue weighted by Crippen LogP contribution is 2.46. The number of alkyl halides is 2. The van der Waals surface area contributed by atoms with Gasteiger partial charge in [0.05, 0.1) is 6.61 Å². The molecule has 0 spiro atoms. The van der Waals surface area contributed by atoms with Crippen molar-refractivity contribution in [3.8, 4) is 5.75 Å². The van der Waals surface area contributed by atoms with Gasteiger partial charge < -0.3 is 9.26 Å². The Kier molecular flexibility index (Phi) is 9.59. The summed E-state index contributed by atoms with van der Waals surface area (Å²) < 4.78 is 32.3. The summed E-state index contributed by atoms with van der Waals surface area (Å²) in [6.45, 7) is 3.43. The van der Waals surface area contributed by atoms with Crippen molar-refractivity contribution in [2.75, 3.05) is 18.4 Å². The first-order valence-electron chi connectivity index (χ1n) is 10.8. The zero-order valence-electron chi connectivity index (χ0n) is 18.9. The van der Waals surface area contributed by atoms with Crippen molar-refractivity contribution in [3.05, 3.63) is 74.6 Å². The van der Waals surface area contributed by atoms with Gasteiger partial charge in [0.1, 0.15) is 11.9 Å². The van der Waals surface area contributed by atoms with Crippen molar-refractivity contribution in [1.82, 2.24) is 14.6 Å². The lowest BCUT2D eigenvalue weighted by molar-refractivity contribution is -0.00748. The predicted molar refractivity (Wildman–Crippen MR) is 132 cm³/mol. The molecule has 0 saturated heterocycles. The molecule has 0 bridgehead atoms. The molecule has 1 aromatic heterocycles. The molecule has 1 aliphatic rings. The van der Waals surface area contributed by atoms with Crippen LogP contribution in [0.2, 0.25) is 0 Å². The number of H-pyrrole nitrogens is 1. The lowest BCUT2D eigenvalue weighted by Gasteiger charge is -2.26. The fraction of sp³-hybridized carbons (Fsp3) is 0.455. The Morgan fingerprint density at radius 3 is 2.47 bits per heavy atom. The Labute approximate surface area is 207 Å². The van der Waals surface area contributed by atoms with Crippen LogP contribution < -0.4 is 20.9 Å². The maximum atomic E-state index is 13.7. The van der Waals surface area contributed by atoms with Gasteiger partial charge in [0, 0.05) is 29.6 Å². The van der Waals surface area contributed by atoms with Gasteiger partial charge in [0.15, 0.2) is 6.23 Å². The van der Waals surface area contributed by atoms with Crippen LogP contribution in [0.1, 0.15) is 30.2 Å². The van der Waals surface area contributed by atoms with Crippen LogP contribution in [0.25, 0.3) is 0 Å². The van der Waals surface area contributed by atoms with E-state index in [2.05, 4.69) is 10.1 Å². The summed E-state index contributed by atoms with van der Waals surface area (Å²) in [7, 11) is -3.84. The molecule has 3 rings (SSSR count). The van der Waals surface area contributed by atoms with E-state index < -0.39 is 31.3 Å². The lowest BCUT2D eigenvalue weighted by atomic mass is 10.2. The van der Waals surface area contributed by atoms with Crippen molar-refractivity contribution in [1.29, 1.82) is 0 Å². The van der Waals surface area contributed by atoms with Gasteiger partial charge in [-0.1, -0.05) is 23.8 Å². The van der Waals surface area contributed by atoms with Gasteiger partial charge in [0.25, 0.3) is 5.56 Å². The molecule has 1 unspecified atom stereocenters. The summed E-state index contributed by atoms with van der Waals surface area (Å²) in [5, 5.41) is 2.95. The van der Waals surface area contributed by atoms with E-state index in [1.54, 1.807) is 31.2 Å². The quantitative estimate of drug-likeness (QED) is 0.241. The van der Waals surface area contributed by atoms with Crippen LogP contribution in [0.3, 0.4) is 0 Å². The first-order chi connectivity index (χ1) is 16.2. The second-order valence-corrected chi connectivity index (χ2v) is 10.4. The molecule has 0 saturated carbocycles. The van der Waals surface area contributed by atoms with E-state index in [-0.39, 0.29) is 12.6 Å². The van der Waals surface area contributed by atoms with Crippen molar-refractivity contribution in [3.63, 3.8) is 0 Å². The highest BCUT2D eigenvalue weighted by Gasteiger charge is 2.32. The number of hydrogen-bond donors (Lipinski definition) is 2. The van der Waals surface area contributed by atoms with Crippen molar-refractivity contribution < 1.29 is 18.3 Å². The second-order valence-electron chi connectivity index (χ2n) is 7.91. The van der Waals surface area contributed by atoms with Crippen LogP contribution in [0.15, 0.2) is 52.2 Å². The number of ether oxygens (including phenoxy) is 1. The molecular formula is C22H28Cl2N3O6P. The Morgan fingerprint density at radius 1 is 1.15 bits per heavy atom. The molecule has 186 valence electrons. The average molecular weight is 532 g/mol. The Balaban J connectivity index is 1.71. The van der Waals surface area contributed by atoms with Gasteiger partial charge in [-0.3, -0.25) is 18.9 Å². The van der Waals surface area contributed by atoms with Crippen LogP contribution in [-0.2, 0) is 13.8 Å². The molecule has 3 atom stereocenters. The summed E-state index contributed by atoms with van der Waals surface area (Å²) in [6, 6.07) is 6.82. The number of aryl methyl sites for hydroxylation is 2. The van der Waals surface area contributed by atoms with Gasteiger partial charge in [-0.25, -0.2) is 14.4 Å². The third kappa shape index (κ3) is 7.31. The Hall–Kier alpha value is -1.87. The van der Waals surface area contributed by atoms with Crippen LogP contribution in [0.5, 0.6) is 5.75 Å². The average Bonchev–Trinajstić information content (AvgIpc) is 3.26. The number of aromatic amines is 1. The minimum Gasteiger partial charge on any atom is -0.413 e. The number of hydrogen-bond acceptors (Lipinski definition) is 6. The van der Waals surface area contributed by atoms with Gasteiger partial charge in [0.2, 0.25) is 0 Å². The Morgan fingerprint density at radius 2 is 1.82 bits per heavy atom. The second kappa shape index (κ2) is 12.2. The molecule has 1 aliphatic heterocycles. The van der Waals surface area contributed by atoms with Gasteiger partial charge >= 0.3 is 13.4 Å². The molecule has 0 radical (unpaired) electrons. The number of benzene rings is 1. The number of nitrogens with zero attached hydrogens (tertiary/aromatic N) is 1. The Bertz CT molecular complexity index is 1140. The molecule has 0 amide bonds. The lowest BCUT2D eigenvalue weighted by Crippen LogP contribution is -2.34. The van der Waals surface area contributed by atoms with E-state index >= 15 is 0 Å². The van der Waals surface area contributed by atoms with E-state index in [9.17, 15) is 14.2 Å². The normalized spacial score (nSPS) is 19.4. The highest BCUT2D eigenvalue weighted by atomic mass is 35.5.